The van der Waals surface area contributed by atoms with Crippen molar-refractivity contribution >= 4 is 5.70 Å². The molecule has 1 aromatic heterocycles. The zero-order chi connectivity index (χ0) is 19.8. The lowest BCUT2D eigenvalue weighted by atomic mass is 9.90. The first-order valence-electron chi connectivity index (χ1n) is 10.1. The van der Waals surface area contributed by atoms with Crippen molar-refractivity contribution < 1.29 is 0 Å². The van der Waals surface area contributed by atoms with Crippen LogP contribution in [0.15, 0.2) is 60.4 Å². The van der Waals surface area contributed by atoms with Gasteiger partial charge in [0.25, 0.3) is 0 Å². The maximum atomic E-state index is 4.73. The van der Waals surface area contributed by atoms with E-state index in [1.54, 1.807) is 0 Å². The number of rotatable bonds is 9. The summed E-state index contributed by atoms with van der Waals surface area (Å²) in [6, 6.07) is 4.66. The quantitative estimate of drug-likeness (QED) is 0.450. The van der Waals surface area contributed by atoms with Crippen molar-refractivity contribution in [1.29, 1.82) is 0 Å². The Balaban J connectivity index is 2.25. The van der Waals surface area contributed by atoms with Crippen LogP contribution in [0.4, 0.5) is 0 Å². The predicted molar refractivity (Wildman–Crippen MR) is 117 cm³/mol. The van der Waals surface area contributed by atoms with Gasteiger partial charge in [-0.15, -0.1) is 6.58 Å². The average Bonchev–Trinajstić information content (AvgIpc) is 3.14. The Morgan fingerprint density at radius 3 is 2.74 bits per heavy atom. The van der Waals surface area contributed by atoms with Crippen LogP contribution in [-0.2, 0) is 6.42 Å². The van der Waals surface area contributed by atoms with Crippen LogP contribution in [0.5, 0.6) is 0 Å². The molecule has 0 aliphatic carbocycles. The van der Waals surface area contributed by atoms with E-state index in [0.717, 1.165) is 31.5 Å². The lowest BCUT2D eigenvalue weighted by molar-refractivity contribution is 0.265. The number of allylic oxidation sites excluding steroid dienone is 5. The minimum absolute atomic E-state index is 0.395. The van der Waals surface area contributed by atoms with Crippen molar-refractivity contribution in [2.45, 2.75) is 59.9 Å². The number of aromatic nitrogens is 1. The Hall–Kier alpha value is -2.13. The van der Waals surface area contributed by atoms with E-state index < -0.39 is 0 Å². The first-order valence-corrected chi connectivity index (χ1v) is 10.1. The van der Waals surface area contributed by atoms with Gasteiger partial charge in [-0.2, -0.15) is 0 Å². The molecule has 0 bridgehead atoms. The standard InChI is InChI=1S/C24H35N3/c1-7-20(8-2)21(12-11-18(3)4)13-14-22-10-9-16-25-24(22)23-15-17-26-27(23)19(5)6/h7,9-12,15-16,19-20,26H,1,8,13-14,17H2,2-6H3/b21-12-. The fraction of sp³-hybridized carbons (Fsp3) is 0.458. The SMILES string of the molecule is C=CC(CC)/C(=C\C=C(C)C)CCc1cccnc1C1=CCNN1C(C)C. The van der Waals surface area contributed by atoms with Gasteiger partial charge in [-0.3, -0.25) is 4.98 Å². The molecule has 1 aliphatic rings. The number of aryl methyl sites for hydroxylation is 1. The molecule has 0 fully saturated rings. The van der Waals surface area contributed by atoms with E-state index in [9.17, 15) is 0 Å². The van der Waals surface area contributed by atoms with Crippen molar-refractivity contribution in [2.24, 2.45) is 5.92 Å². The molecule has 146 valence electrons. The summed E-state index contributed by atoms with van der Waals surface area (Å²) in [5, 5.41) is 2.23. The molecule has 1 atom stereocenters. The van der Waals surface area contributed by atoms with Gasteiger partial charge in [-0.05, 0) is 70.6 Å². The summed E-state index contributed by atoms with van der Waals surface area (Å²) in [5.74, 6) is 0.431. The van der Waals surface area contributed by atoms with Crippen molar-refractivity contribution in [1.82, 2.24) is 15.4 Å². The molecule has 1 N–H and O–H groups in total. The average molecular weight is 366 g/mol. The molecule has 0 aromatic carbocycles. The van der Waals surface area contributed by atoms with Gasteiger partial charge < -0.3 is 5.01 Å². The third kappa shape index (κ3) is 5.67. The van der Waals surface area contributed by atoms with Crippen LogP contribution in [0.3, 0.4) is 0 Å². The zero-order valence-electron chi connectivity index (χ0n) is 17.6. The highest BCUT2D eigenvalue weighted by atomic mass is 15.5. The van der Waals surface area contributed by atoms with Gasteiger partial charge in [0, 0.05) is 18.8 Å². The van der Waals surface area contributed by atoms with Crippen molar-refractivity contribution in [3.8, 4) is 0 Å². The minimum Gasteiger partial charge on any atom is -0.304 e. The molecule has 0 radical (unpaired) electrons. The molecule has 0 saturated heterocycles. The minimum atomic E-state index is 0.395. The second-order valence-electron chi connectivity index (χ2n) is 7.66. The molecular weight excluding hydrogens is 330 g/mol. The summed E-state index contributed by atoms with van der Waals surface area (Å²) >= 11 is 0. The van der Waals surface area contributed by atoms with Crippen molar-refractivity contribution in [3.63, 3.8) is 0 Å². The smallest absolute Gasteiger partial charge is 0.0906 e. The van der Waals surface area contributed by atoms with Gasteiger partial charge in [0.05, 0.1) is 11.4 Å². The Morgan fingerprint density at radius 2 is 2.11 bits per heavy atom. The lowest BCUT2D eigenvalue weighted by Crippen LogP contribution is -2.37. The molecule has 1 aliphatic heterocycles. The maximum absolute atomic E-state index is 4.73. The molecule has 2 heterocycles. The van der Waals surface area contributed by atoms with Gasteiger partial charge in [0.15, 0.2) is 0 Å². The molecular formula is C24H35N3. The maximum Gasteiger partial charge on any atom is 0.0906 e. The van der Waals surface area contributed by atoms with Crippen LogP contribution in [0.25, 0.3) is 5.70 Å². The zero-order valence-corrected chi connectivity index (χ0v) is 17.6. The van der Waals surface area contributed by atoms with Crippen LogP contribution in [0, 0.1) is 5.92 Å². The van der Waals surface area contributed by atoms with E-state index in [-0.39, 0.29) is 0 Å². The van der Waals surface area contributed by atoms with Crippen molar-refractivity contribution in [2.75, 3.05) is 6.54 Å². The number of nitrogens with one attached hydrogen (secondary N) is 1. The highest BCUT2D eigenvalue weighted by Crippen LogP contribution is 2.27. The summed E-state index contributed by atoms with van der Waals surface area (Å²) in [6.07, 6.45) is 13.8. The predicted octanol–water partition coefficient (Wildman–Crippen LogP) is 5.69. The third-order valence-electron chi connectivity index (χ3n) is 4.98. The second kappa shape index (κ2) is 10.3. The van der Waals surface area contributed by atoms with Gasteiger partial charge in [0.2, 0.25) is 0 Å². The number of nitrogens with zero attached hydrogens (tertiary/aromatic N) is 2. The summed E-state index contributed by atoms with van der Waals surface area (Å²) in [4.78, 5) is 4.73. The topological polar surface area (TPSA) is 28.2 Å². The van der Waals surface area contributed by atoms with Crippen LogP contribution >= 0.6 is 0 Å². The lowest BCUT2D eigenvalue weighted by Gasteiger charge is -2.27. The Bertz CT molecular complexity index is 721. The molecule has 0 amide bonds. The Kier molecular flexibility index (Phi) is 8.05. The van der Waals surface area contributed by atoms with Crippen molar-refractivity contribution in [3.05, 3.63) is 71.6 Å². The van der Waals surface area contributed by atoms with E-state index in [1.165, 1.54) is 22.4 Å². The van der Waals surface area contributed by atoms with Crippen LogP contribution in [0.2, 0.25) is 0 Å². The largest absolute Gasteiger partial charge is 0.304 e. The third-order valence-corrected chi connectivity index (χ3v) is 4.98. The van der Waals surface area contributed by atoms with Gasteiger partial charge >= 0.3 is 0 Å². The Labute approximate surface area is 165 Å². The molecule has 27 heavy (non-hydrogen) atoms. The molecule has 3 nitrogen and oxygen atoms in total. The number of pyridine rings is 1. The first kappa shape index (κ1) is 21.2. The van der Waals surface area contributed by atoms with Crippen LogP contribution in [0.1, 0.15) is 58.7 Å². The van der Waals surface area contributed by atoms with Crippen LogP contribution in [-0.4, -0.2) is 22.6 Å². The monoisotopic (exact) mass is 365 g/mol. The second-order valence-corrected chi connectivity index (χ2v) is 7.66. The molecule has 2 rings (SSSR count). The number of hydrogen-bond donors (Lipinski definition) is 1. The molecule has 1 aromatic rings. The molecule has 0 spiro atoms. The fourth-order valence-electron chi connectivity index (χ4n) is 3.49. The van der Waals surface area contributed by atoms with E-state index in [1.807, 2.05) is 12.3 Å². The highest BCUT2D eigenvalue weighted by Gasteiger charge is 2.22. The number of hydrazine groups is 1. The highest BCUT2D eigenvalue weighted by molar-refractivity contribution is 5.65. The summed E-state index contributed by atoms with van der Waals surface area (Å²) in [6.45, 7) is 15.8. The first-order chi connectivity index (χ1) is 13.0. The van der Waals surface area contributed by atoms with Gasteiger partial charge in [-0.25, -0.2) is 5.43 Å². The van der Waals surface area contributed by atoms with E-state index in [2.05, 4.69) is 82.0 Å². The summed E-state index contributed by atoms with van der Waals surface area (Å²) < 4.78 is 0. The molecule has 3 heteroatoms. The molecule has 1 unspecified atom stereocenters. The van der Waals surface area contributed by atoms with Gasteiger partial charge in [0.1, 0.15) is 0 Å². The number of hydrogen-bond acceptors (Lipinski definition) is 3. The van der Waals surface area contributed by atoms with Crippen LogP contribution < -0.4 is 5.43 Å². The fourth-order valence-corrected chi connectivity index (χ4v) is 3.49. The molecule has 0 saturated carbocycles. The van der Waals surface area contributed by atoms with E-state index in [0.29, 0.717) is 12.0 Å². The van der Waals surface area contributed by atoms with Gasteiger partial charge in [-0.1, -0.05) is 42.4 Å². The van der Waals surface area contributed by atoms with E-state index >= 15 is 0 Å². The van der Waals surface area contributed by atoms with E-state index in [4.69, 9.17) is 4.98 Å². The normalized spacial score (nSPS) is 15.7. The summed E-state index contributed by atoms with van der Waals surface area (Å²) in [7, 11) is 0. The Morgan fingerprint density at radius 1 is 1.33 bits per heavy atom. The summed E-state index contributed by atoms with van der Waals surface area (Å²) in [5.41, 5.74) is 9.81.